The van der Waals surface area contributed by atoms with Crippen LogP contribution in [0.5, 0.6) is 11.5 Å². The molecule has 0 aliphatic heterocycles. The van der Waals surface area contributed by atoms with Crippen molar-refractivity contribution in [2.45, 2.75) is 0 Å². The monoisotopic (exact) mass is 277 g/mol. The fourth-order valence-corrected chi connectivity index (χ4v) is 2.80. The summed E-state index contributed by atoms with van der Waals surface area (Å²) in [5, 5.41) is 2.90. The van der Waals surface area contributed by atoms with Gasteiger partial charge in [-0.1, -0.05) is 18.2 Å². The molecule has 1 atom stereocenters. The van der Waals surface area contributed by atoms with Gasteiger partial charge in [-0.2, -0.15) is 0 Å². The molecule has 0 aromatic heterocycles. The molecule has 0 fully saturated rings. The van der Waals surface area contributed by atoms with Crippen LogP contribution in [0.4, 0.5) is 5.69 Å². The molecule has 19 heavy (non-hydrogen) atoms. The Morgan fingerprint density at radius 2 is 1.53 bits per heavy atom. The van der Waals surface area contributed by atoms with Crippen LogP contribution in [0, 0.1) is 0 Å². The van der Waals surface area contributed by atoms with Gasteiger partial charge >= 0.3 is 7.52 Å². The van der Waals surface area contributed by atoms with Gasteiger partial charge in [0.15, 0.2) is 0 Å². The summed E-state index contributed by atoms with van der Waals surface area (Å²) in [7, 11) is -1.36. The van der Waals surface area contributed by atoms with Crippen molar-refractivity contribution in [1.82, 2.24) is 0 Å². The normalized spacial score (nSPS) is 13.4. The van der Waals surface area contributed by atoms with Gasteiger partial charge in [-0.15, -0.1) is 0 Å². The van der Waals surface area contributed by atoms with E-state index in [9.17, 15) is 4.57 Å². The van der Waals surface area contributed by atoms with Crippen LogP contribution < -0.4 is 14.3 Å². The molecule has 100 valence electrons. The number of ether oxygens (including phenoxy) is 1. The van der Waals surface area contributed by atoms with Crippen molar-refractivity contribution in [2.75, 3.05) is 18.9 Å². The summed E-state index contributed by atoms with van der Waals surface area (Å²) in [6, 6.07) is 16.3. The third-order valence-corrected chi connectivity index (χ3v) is 3.67. The average Bonchev–Trinajstić information content (AvgIpc) is 2.39. The second-order valence-electron chi connectivity index (χ2n) is 4.09. The quantitative estimate of drug-likeness (QED) is 0.839. The minimum absolute atomic E-state index is 0.537. The number of nitrogens with one attached hydrogen (secondary N) is 1. The number of methoxy groups -OCH3 is 1. The van der Waals surface area contributed by atoms with E-state index in [0.717, 1.165) is 11.4 Å². The Morgan fingerprint density at radius 3 is 2.11 bits per heavy atom. The van der Waals surface area contributed by atoms with Gasteiger partial charge in [0.2, 0.25) is 0 Å². The summed E-state index contributed by atoms with van der Waals surface area (Å²) in [5.41, 5.74) is 0.766. The minimum Gasteiger partial charge on any atom is -0.497 e. The highest BCUT2D eigenvalue weighted by atomic mass is 31.2. The standard InChI is InChI=1S/C14H16NO3P/c1-17-13-8-10-14(11-9-13)18-19(2,16)15-12-6-4-3-5-7-12/h3-11H,1-2H3,(H,15,16). The van der Waals surface area contributed by atoms with Gasteiger partial charge in [-0.05, 0) is 36.4 Å². The molecule has 0 bridgehead atoms. The second-order valence-corrected chi connectivity index (χ2v) is 6.19. The highest BCUT2D eigenvalue weighted by Gasteiger charge is 2.17. The first-order valence-electron chi connectivity index (χ1n) is 5.83. The van der Waals surface area contributed by atoms with Gasteiger partial charge in [-0.3, -0.25) is 4.57 Å². The van der Waals surface area contributed by atoms with Gasteiger partial charge in [0.25, 0.3) is 0 Å². The summed E-state index contributed by atoms with van der Waals surface area (Å²) >= 11 is 0. The number of rotatable bonds is 5. The lowest BCUT2D eigenvalue weighted by Gasteiger charge is -2.17. The summed E-state index contributed by atoms with van der Waals surface area (Å²) in [6.07, 6.45) is 0. The number of benzene rings is 2. The predicted octanol–water partition coefficient (Wildman–Crippen LogP) is 4.01. The van der Waals surface area contributed by atoms with E-state index < -0.39 is 7.52 Å². The predicted molar refractivity (Wildman–Crippen MR) is 77.2 cm³/mol. The lowest BCUT2D eigenvalue weighted by molar-refractivity contribution is 0.413. The molecule has 0 heterocycles. The van der Waals surface area contributed by atoms with E-state index in [2.05, 4.69) is 5.09 Å². The third kappa shape index (κ3) is 4.04. The average molecular weight is 277 g/mol. The van der Waals surface area contributed by atoms with Crippen molar-refractivity contribution >= 4 is 13.2 Å². The molecular weight excluding hydrogens is 261 g/mol. The zero-order valence-corrected chi connectivity index (χ0v) is 11.8. The lowest BCUT2D eigenvalue weighted by atomic mass is 10.3. The molecule has 4 nitrogen and oxygen atoms in total. The minimum atomic E-state index is -2.95. The van der Waals surface area contributed by atoms with Crippen LogP contribution in [0.15, 0.2) is 54.6 Å². The van der Waals surface area contributed by atoms with Gasteiger partial charge in [0.1, 0.15) is 11.5 Å². The molecular formula is C14H16NO3P. The Bertz CT molecular complexity index is 569. The number of anilines is 1. The fourth-order valence-electron chi connectivity index (χ4n) is 1.61. The van der Waals surface area contributed by atoms with Gasteiger partial charge in [0.05, 0.1) is 7.11 Å². The van der Waals surface area contributed by atoms with E-state index in [1.165, 1.54) is 0 Å². The van der Waals surface area contributed by atoms with Crippen molar-refractivity contribution in [3.63, 3.8) is 0 Å². The van der Waals surface area contributed by atoms with Crippen molar-refractivity contribution in [3.05, 3.63) is 54.6 Å². The first kappa shape index (κ1) is 13.5. The van der Waals surface area contributed by atoms with Crippen LogP contribution in [-0.4, -0.2) is 13.8 Å². The lowest BCUT2D eigenvalue weighted by Crippen LogP contribution is -2.02. The number of para-hydroxylation sites is 1. The van der Waals surface area contributed by atoms with E-state index in [-0.39, 0.29) is 0 Å². The Hall–Kier alpha value is -1.93. The van der Waals surface area contributed by atoms with E-state index in [0.29, 0.717) is 5.75 Å². The van der Waals surface area contributed by atoms with E-state index in [1.807, 2.05) is 30.3 Å². The Kier molecular flexibility index (Phi) is 4.13. The molecule has 2 rings (SSSR count). The molecule has 1 N–H and O–H groups in total. The Labute approximate surface area is 112 Å². The summed E-state index contributed by atoms with van der Waals surface area (Å²) in [4.78, 5) is 0. The Balaban J connectivity index is 2.06. The molecule has 0 aliphatic carbocycles. The molecule has 0 saturated carbocycles. The zero-order chi connectivity index (χ0) is 13.7. The summed E-state index contributed by atoms with van der Waals surface area (Å²) in [6.45, 7) is 1.55. The zero-order valence-electron chi connectivity index (χ0n) is 10.9. The molecule has 0 saturated heterocycles. The highest BCUT2D eigenvalue weighted by Crippen LogP contribution is 2.43. The van der Waals surface area contributed by atoms with Crippen LogP contribution in [0.3, 0.4) is 0 Å². The van der Waals surface area contributed by atoms with Crippen LogP contribution in [0.25, 0.3) is 0 Å². The molecule has 2 aromatic carbocycles. The molecule has 5 heteroatoms. The van der Waals surface area contributed by atoms with Crippen molar-refractivity contribution < 1.29 is 13.8 Å². The van der Waals surface area contributed by atoms with Crippen LogP contribution >= 0.6 is 7.52 Å². The first-order chi connectivity index (χ1) is 9.09. The van der Waals surface area contributed by atoms with Crippen molar-refractivity contribution in [1.29, 1.82) is 0 Å². The van der Waals surface area contributed by atoms with Gasteiger partial charge in [0, 0.05) is 12.4 Å². The fraction of sp³-hybridized carbons (Fsp3) is 0.143. The first-order valence-corrected chi connectivity index (χ1v) is 7.91. The van der Waals surface area contributed by atoms with Crippen molar-refractivity contribution in [3.8, 4) is 11.5 Å². The van der Waals surface area contributed by atoms with E-state index in [1.54, 1.807) is 38.0 Å². The maximum atomic E-state index is 12.3. The Morgan fingerprint density at radius 1 is 0.947 bits per heavy atom. The van der Waals surface area contributed by atoms with Crippen LogP contribution in [-0.2, 0) is 4.57 Å². The highest BCUT2D eigenvalue weighted by molar-refractivity contribution is 7.60. The van der Waals surface area contributed by atoms with Gasteiger partial charge < -0.3 is 14.3 Å². The topological polar surface area (TPSA) is 47.6 Å². The van der Waals surface area contributed by atoms with Crippen molar-refractivity contribution in [2.24, 2.45) is 0 Å². The van der Waals surface area contributed by atoms with Crippen LogP contribution in [0.1, 0.15) is 0 Å². The molecule has 0 aliphatic rings. The maximum absolute atomic E-state index is 12.3. The summed E-state index contributed by atoms with van der Waals surface area (Å²) < 4.78 is 22.9. The van der Waals surface area contributed by atoms with Gasteiger partial charge in [-0.25, -0.2) is 0 Å². The molecule has 2 aromatic rings. The molecule has 0 radical (unpaired) electrons. The maximum Gasteiger partial charge on any atom is 0.338 e. The second kappa shape index (κ2) is 5.81. The molecule has 0 amide bonds. The van der Waals surface area contributed by atoms with Crippen LogP contribution in [0.2, 0.25) is 0 Å². The van der Waals surface area contributed by atoms with E-state index >= 15 is 0 Å². The smallest absolute Gasteiger partial charge is 0.338 e. The SMILES string of the molecule is COc1ccc(OP(C)(=O)Nc2ccccc2)cc1. The molecule has 0 spiro atoms. The third-order valence-electron chi connectivity index (χ3n) is 2.45. The number of hydrogen-bond donors (Lipinski definition) is 1. The largest absolute Gasteiger partial charge is 0.497 e. The molecule has 1 unspecified atom stereocenters. The number of hydrogen-bond acceptors (Lipinski definition) is 3. The summed E-state index contributed by atoms with van der Waals surface area (Å²) in [5.74, 6) is 1.27. The van der Waals surface area contributed by atoms with E-state index in [4.69, 9.17) is 9.26 Å².